The molecule has 0 aliphatic carbocycles. The maximum absolute atomic E-state index is 13.7. The molecule has 0 saturated carbocycles. The molecule has 0 amide bonds. The molecular formula is C22H20N4O4S2. The van der Waals surface area contributed by atoms with Crippen LogP contribution in [0.3, 0.4) is 0 Å². The SMILES string of the molecule is NC(Cc1cc2ccccc2s1)(c1cccc(NCC(=O)O)n1)S(=O)(=O)c1cccnc1. The lowest BCUT2D eigenvalue weighted by molar-refractivity contribution is -0.134. The van der Waals surface area contributed by atoms with Gasteiger partial charge in [-0.15, -0.1) is 11.3 Å². The minimum atomic E-state index is -4.12. The van der Waals surface area contributed by atoms with Gasteiger partial charge in [0.05, 0.1) is 10.6 Å². The lowest BCUT2D eigenvalue weighted by Gasteiger charge is -2.28. The van der Waals surface area contributed by atoms with Crippen LogP contribution < -0.4 is 11.1 Å². The fourth-order valence-corrected chi connectivity index (χ4v) is 6.22. The Kier molecular flexibility index (Phi) is 5.92. The van der Waals surface area contributed by atoms with Crippen molar-refractivity contribution in [1.82, 2.24) is 9.97 Å². The Morgan fingerprint density at radius 1 is 1.12 bits per heavy atom. The third-order valence-corrected chi connectivity index (χ3v) is 8.23. The summed E-state index contributed by atoms with van der Waals surface area (Å²) in [4.78, 5) is 18.1. The summed E-state index contributed by atoms with van der Waals surface area (Å²) < 4.78 is 28.5. The number of anilines is 1. The quantitative estimate of drug-likeness (QED) is 0.359. The highest BCUT2D eigenvalue weighted by atomic mass is 32.2. The Morgan fingerprint density at radius 2 is 1.94 bits per heavy atom. The summed E-state index contributed by atoms with van der Waals surface area (Å²) in [6.45, 7) is -0.361. The minimum Gasteiger partial charge on any atom is -0.480 e. The first kappa shape index (κ1) is 21.9. The molecule has 0 aliphatic rings. The number of thiophene rings is 1. The molecule has 32 heavy (non-hydrogen) atoms. The molecule has 0 radical (unpaired) electrons. The van der Waals surface area contributed by atoms with E-state index < -0.39 is 20.7 Å². The molecule has 1 atom stereocenters. The highest BCUT2D eigenvalue weighted by Gasteiger charge is 2.45. The number of hydrogen-bond donors (Lipinski definition) is 3. The second kappa shape index (κ2) is 8.65. The second-order valence-electron chi connectivity index (χ2n) is 7.16. The molecule has 8 nitrogen and oxygen atoms in total. The maximum atomic E-state index is 13.7. The van der Waals surface area contributed by atoms with Crippen LogP contribution in [0.4, 0.5) is 5.82 Å². The highest BCUT2D eigenvalue weighted by Crippen LogP contribution is 2.37. The number of aliphatic carboxylic acids is 1. The first-order valence-corrected chi connectivity index (χ1v) is 11.9. The van der Waals surface area contributed by atoms with Gasteiger partial charge >= 0.3 is 5.97 Å². The van der Waals surface area contributed by atoms with Gasteiger partial charge in [0.1, 0.15) is 12.4 Å². The maximum Gasteiger partial charge on any atom is 0.322 e. The van der Waals surface area contributed by atoms with Crippen molar-refractivity contribution in [3.63, 3.8) is 0 Å². The molecule has 0 fully saturated rings. The Hall–Kier alpha value is -3.34. The number of rotatable bonds is 8. The topological polar surface area (TPSA) is 135 Å². The summed E-state index contributed by atoms with van der Waals surface area (Å²) >= 11 is 1.47. The number of benzene rings is 1. The number of nitrogens with two attached hydrogens (primary N) is 1. The molecule has 10 heteroatoms. The first-order valence-electron chi connectivity index (χ1n) is 9.64. The number of nitrogens with one attached hydrogen (secondary N) is 1. The summed E-state index contributed by atoms with van der Waals surface area (Å²) in [6.07, 6.45) is 2.73. The number of carboxylic acid groups (broad SMARTS) is 1. The van der Waals surface area contributed by atoms with E-state index in [9.17, 15) is 13.2 Å². The van der Waals surface area contributed by atoms with Crippen molar-refractivity contribution >= 4 is 43.0 Å². The normalized spacial score (nSPS) is 13.5. The molecule has 4 aromatic rings. The second-order valence-corrected chi connectivity index (χ2v) is 10.5. The Morgan fingerprint density at radius 3 is 2.66 bits per heavy atom. The minimum absolute atomic E-state index is 0.0149. The van der Waals surface area contributed by atoms with Crippen LogP contribution in [-0.4, -0.2) is 36.0 Å². The van der Waals surface area contributed by atoms with Gasteiger partial charge in [-0.05, 0) is 41.8 Å². The summed E-state index contributed by atoms with van der Waals surface area (Å²) in [7, 11) is -4.12. The standard InChI is InChI=1S/C22H20N4O4S2/c23-22(32(29,30)17-6-4-10-24-13-17,12-16-11-15-5-1-2-7-18(15)31-16)19-8-3-9-20(26-19)25-14-21(27)28/h1-11,13H,12,14,23H2,(H,25,26)(H,27,28). The number of hydrogen-bond acceptors (Lipinski definition) is 8. The van der Waals surface area contributed by atoms with E-state index in [1.807, 2.05) is 30.3 Å². The van der Waals surface area contributed by atoms with E-state index in [1.165, 1.54) is 41.9 Å². The molecule has 0 bridgehead atoms. The lowest BCUT2D eigenvalue weighted by Crippen LogP contribution is -2.47. The van der Waals surface area contributed by atoms with Crippen molar-refractivity contribution in [3.05, 3.63) is 83.6 Å². The van der Waals surface area contributed by atoms with E-state index in [0.29, 0.717) is 0 Å². The molecular weight excluding hydrogens is 448 g/mol. The van der Waals surface area contributed by atoms with Crippen molar-refractivity contribution in [1.29, 1.82) is 0 Å². The molecule has 1 unspecified atom stereocenters. The van der Waals surface area contributed by atoms with E-state index >= 15 is 0 Å². The van der Waals surface area contributed by atoms with Crippen LogP contribution in [0.5, 0.6) is 0 Å². The van der Waals surface area contributed by atoms with Crippen LogP contribution in [0.2, 0.25) is 0 Å². The van der Waals surface area contributed by atoms with E-state index in [1.54, 1.807) is 12.1 Å². The largest absolute Gasteiger partial charge is 0.480 e. The van der Waals surface area contributed by atoms with Crippen LogP contribution in [0.1, 0.15) is 10.6 Å². The smallest absolute Gasteiger partial charge is 0.322 e. The summed E-state index contributed by atoms with van der Waals surface area (Å²) in [5.74, 6) is -0.845. The van der Waals surface area contributed by atoms with Crippen molar-refractivity contribution < 1.29 is 18.3 Å². The Balaban J connectivity index is 1.83. The molecule has 164 valence electrons. The molecule has 0 aliphatic heterocycles. The number of pyridine rings is 2. The van der Waals surface area contributed by atoms with E-state index in [4.69, 9.17) is 10.8 Å². The number of aromatic nitrogens is 2. The summed E-state index contributed by atoms with van der Waals surface area (Å²) in [6, 6.07) is 17.3. The monoisotopic (exact) mass is 468 g/mol. The predicted molar refractivity (Wildman–Crippen MR) is 123 cm³/mol. The van der Waals surface area contributed by atoms with Crippen LogP contribution >= 0.6 is 11.3 Å². The molecule has 4 N–H and O–H groups in total. The number of sulfone groups is 1. The van der Waals surface area contributed by atoms with Gasteiger partial charge in [0, 0.05) is 28.4 Å². The Labute approximate surface area is 188 Å². The van der Waals surface area contributed by atoms with E-state index in [-0.39, 0.29) is 29.4 Å². The van der Waals surface area contributed by atoms with Crippen LogP contribution in [0.25, 0.3) is 10.1 Å². The highest BCUT2D eigenvalue weighted by molar-refractivity contribution is 7.92. The fourth-order valence-electron chi connectivity index (χ4n) is 3.36. The summed E-state index contributed by atoms with van der Waals surface area (Å²) in [5, 5.41) is 12.6. The lowest BCUT2D eigenvalue weighted by atomic mass is 10.1. The van der Waals surface area contributed by atoms with Gasteiger partial charge < -0.3 is 16.2 Å². The van der Waals surface area contributed by atoms with Gasteiger partial charge in [0.15, 0.2) is 4.87 Å². The number of carboxylic acids is 1. The van der Waals surface area contributed by atoms with Crippen molar-refractivity contribution in [2.75, 3.05) is 11.9 Å². The fraction of sp³-hybridized carbons (Fsp3) is 0.136. The average molecular weight is 469 g/mol. The van der Waals surface area contributed by atoms with Crippen molar-refractivity contribution in [2.45, 2.75) is 16.2 Å². The van der Waals surface area contributed by atoms with Gasteiger partial charge in [0.25, 0.3) is 0 Å². The molecule has 3 aromatic heterocycles. The average Bonchev–Trinajstić information content (AvgIpc) is 3.20. The van der Waals surface area contributed by atoms with E-state index in [2.05, 4.69) is 15.3 Å². The van der Waals surface area contributed by atoms with Crippen LogP contribution in [-0.2, 0) is 25.9 Å². The molecule has 3 heterocycles. The van der Waals surface area contributed by atoms with Crippen LogP contribution in [0, 0.1) is 0 Å². The third-order valence-electron chi connectivity index (χ3n) is 4.94. The van der Waals surface area contributed by atoms with Crippen molar-refractivity contribution in [2.24, 2.45) is 5.73 Å². The zero-order chi connectivity index (χ0) is 22.8. The zero-order valence-electron chi connectivity index (χ0n) is 16.8. The molecule has 0 spiro atoms. The molecule has 4 rings (SSSR count). The molecule has 0 saturated heterocycles. The van der Waals surface area contributed by atoms with Gasteiger partial charge in [0.2, 0.25) is 9.84 Å². The number of fused-ring (bicyclic) bond motifs is 1. The van der Waals surface area contributed by atoms with Crippen molar-refractivity contribution in [3.8, 4) is 0 Å². The molecule has 1 aromatic carbocycles. The van der Waals surface area contributed by atoms with Gasteiger partial charge in [-0.2, -0.15) is 0 Å². The van der Waals surface area contributed by atoms with E-state index in [0.717, 1.165) is 15.0 Å². The number of carbonyl (C=O) groups is 1. The van der Waals surface area contributed by atoms with Gasteiger partial charge in [-0.25, -0.2) is 13.4 Å². The van der Waals surface area contributed by atoms with Gasteiger partial charge in [-0.3, -0.25) is 9.78 Å². The first-order chi connectivity index (χ1) is 15.3. The predicted octanol–water partition coefficient (Wildman–Crippen LogP) is 3.02. The summed E-state index contributed by atoms with van der Waals surface area (Å²) in [5.41, 5.74) is 6.80. The van der Waals surface area contributed by atoms with Gasteiger partial charge in [-0.1, -0.05) is 24.3 Å². The third kappa shape index (κ3) is 4.20. The van der Waals surface area contributed by atoms with Crippen LogP contribution in [0.15, 0.2) is 78.0 Å². The number of nitrogens with zero attached hydrogens (tertiary/aromatic N) is 2. The Bertz CT molecular complexity index is 1340. The zero-order valence-corrected chi connectivity index (χ0v) is 18.4.